The molecule has 4 N–H and O–H groups in total. The van der Waals surface area contributed by atoms with Gasteiger partial charge in [-0.2, -0.15) is 0 Å². The molecule has 0 aliphatic rings. The maximum Gasteiger partial charge on any atom is 0.0314 e. The van der Waals surface area contributed by atoms with Crippen molar-refractivity contribution in [2.75, 3.05) is 5.73 Å². The van der Waals surface area contributed by atoms with Gasteiger partial charge in [0.15, 0.2) is 0 Å². The molecule has 0 saturated carbocycles. The standard InChI is InChI=1S/C14H16N2/c1-10(15)11-2-4-12(5-3-11)13-6-8-14(16)9-7-13/h2-10H,15-16H2,1H3. The van der Waals surface area contributed by atoms with Crippen LogP contribution in [0.4, 0.5) is 5.69 Å². The number of nitrogen functional groups attached to an aromatic ring is 1. The fourth-order valence-corrected chi connectivity index (χ4v) is 1.65. The van der Waals surface area contributed by atoms with Crippen LogP contribution in [-0.2, 0) is 0 Å². The van der Waals surface area contributed by atoms with Crippen LogP contribution < -0.4 is 11.5 Å². The van der Waals surface area contributed by atoms with Crippen molar-refractivity contribution in [2.45, 2.75) is 13.0 Å². The first kappa shape index (κ1) is 10.7. The van der Waals surface area contributed by atoms with Crippen LogP contribution in [0.2, 0.25) is 0 Å². The molecule has 0 radical (unpaired) electrons. The molecule has 0 aliphatic heterocycles. The molecule has 0 aromatic heterocycles. The molecule has 1 unspecified atom stereocenters. The summed E-state index contributed by atoms with van der Waals surface area (Å²) < 4.78 is 0. The van der Waals surface area contributed by atoms with Gasteiger partial charge in [0.1, 0.15) is 0 Å². The van der Waals surface area contributed by atoms with Crippen LogP contribution in [0.5, 0.6) is 0 Å². The van der Waals surface area contributed by atoms with Gasteiger partial charge in [0.25, 0.3) is 0 Å². The highest BCUT2D eigenvalue weighted by Gasteiger charge is 2.00. The molecule has 2 aromatic rings. The van der Waals surface area contributed by atoms with Gasteiger partial charge in [-0.25, -0.2) is 0 Å². The van der Waals surface area contributed by atoms with Crippen molar-refractivity contribution in [3.05, 3.63) is 54.1 Å². The summed E-state index contributed by atoms with van der Waals surface area (Å²) in [5.74, 6) is 0. The van der Waals surface area contributed by atoms with Crippen molar-refractivity contribution in [2.24, 2.45) is 5.73 Å². The summed E-state index contributed by atoms with van der Waals surface area (Å²) in [6.07, 6.45) is 0. The Kier molecular flexibility index (Phi) is 2.93. The van der Waals surface area contributed by atoms with Gasteiger partial charge in [-0.1, -0.05) is 36.4 Å². The molecule has 0 heterocycles. The predicted octanol–water partition coefficient (Wildman–Crippen LogP) is 2.96. The minimum absolute atomic E-state index is 0.0838. The van der Waals surface area contributed by atoms with Gasteiger partial charge in [0.2, 0.25) is 0 Å². The quantitative estimate of drug-likeness (QED) is 0.752. The number of hydrogen-bond donors (Lipinski definition) is 2. The summed E-state index contributed by atoms with van der Waals surface area (Å²) in [5.41, 5.74) is 15.8. The van der Waals surface area contributed by atoms with Crippen molar-refractivity contribution < 1.29 is 0 Å². The number of hydrogen-bond acceptors (Lipinski definition) is 2. The molecule has 2 aromatic carbocycles. The van der Waals surface area contributed by atoms with E-state index in [1.807, 2.05) is 31.2 Å². The van der Waals surface area contributed by atoms with E-state index in [1.54, 1.807) is 0 Å². The third-order valence-corrected chi connectivity index (χ3v) is 2.68. The van der Waals surface area contributed by atoms with Gasteiger partial charge >= 0.3 is 0 Å². The minimum Gasteiger partial charge on any atom is -0.399 e. The maximum absolute atomic E-state index is 5.81. The van der Waals surface area contributed by atoms with E-state index in [2.05, 4.69) is 24.3 Å². The van der Waals surface area contributed by atoms with Gasteiger partial charge in [-0.3, -0.25) is 0 Å². The largest absolute Gasteiger partial charge is 0.399 e. The van der Waals surface area contributed by atoms with Gasteiger partial charge in [0, 0.05) is 11.7 Å². The minimum atomic E-state index is 0.0838. The monoisotopic (exact) mass is 212 g/mol. The second kappa shape index (κ2) is 4.37. The van der Waals surface area contributed by atoms with Crippen molar-refractivity contribution >= 4 is 5.69 Å². The van der Waals surface area contributed by atoms with Crippen LogP contribution in [0.15, 0.2) is 48.5 Å². The van der Waals surface area contributed by atoms with E-state index in [0.717, 1.165) is 11.3 Å². The van der Waals surface area contributed by atoms with Crippen LogP contribution >= 0.6 is 0 Å². The van der Waals surface area contributed by atoms with Crippen LogP contribution in [0.1, 0.15) is 18.5 Å². The highest BCUT2D eigenvalue weighted by molar-refractivity contribution is 5.65. The van der Waals surface area contributed by atoms with Crippen LogP contribution in [0.3, 0.4) is 0 Å². The molecule has 16 heavy (non-hydrogen) atoms. The first-order valence-electron chi connectivity index (χ1n) is 5.38. The zero-order valence-electron chi connectivity index (χ0n) is 9.35. The average molecular weight is 212 g/mol. The molecular formula is C14H16N2. The summed E-state index contributed by atoms with van der Waals surface area (Å²) in [6, 6.07) is 16.3. The van der Waals surface area contributed by atoms with E-state index in [9.17, 15) is 0 Å². The van der Waals surface area contributed by atoms with Crippen molar-refractivity contribution in [3.63, 3.8) is 0 Å². The Bertz CT molecular complexity index is 455. The number of nitrogens with two attached hydrogens (primary N) is 2. The van der Waals surface area contributed by atoms with Crippen LogP contribution in [0.25, 0.3) is 11.1 Å². The fraction of sp³-hybridized carbons (Fsp3) is 0.143. The molecule has 2 heteroatoms. The topological polar surface area (TPSA) is 52.0 Å². The third-order valence-electron chi connectivity index (χ3n) is 2.68. The molecule has 0 saturated heterocycles. The third kappa shape index (κ3) is 2.23. The van der Waals surface area contributed by atoms with Crippen molar-refractivity contribution in [1.82, 2.24) is 0 Å². The maximum atomic E-state index is 5.81. The van der Waals surface area contributed by atoms with Gasteiger partial charge in [0.05, 0.1) is 0 Å². The smallest absolute Gasteiger partial charge is 0.0314 e. The number of anilines is 1. The molecule has 1 atom stereocenters. The number of rotatable bonds is 2. The van der Waals surface area contributed by atoms with E-state index in [4.69, 9.17) is 11.5 Å². The zero-order valence-corrected chi connectivity index (χ0v) is 9.35. The normalized spacial score (nSPS) is 12.4. The highest BCUT2D eigenvalue weighted by Crippen LogP contribution is 2.22. The second-order valence-corrected chi connectivity index (χ2v) is 4.03. The highest BCUT2D eigenvalue weighted by atomic mass is 14.6. The SMILES string of the molecule is CC(N)c1ccc(-c2ccc(N)cc2)cc1. The van der Waals surface area contributed by atoms with Gasteiger partial charge in [-0.15, -0.1) is 0 Å². The summed E-state index contributed by atoms with van der Waals surface area (Å²) in [6.45, 7) is 1.98. The Labute approximate surface area is 95.9 Å². The average Bonchev–Trinajstić information content (AvgIpc) is 2.30. The lowest BCUT2D eigenvalue weighted by molar-refractivity contribution is 0.818. The number of benzene rings is 2. The second-order valence-electron chi connectivity index (χ2n) is 4.03. The van der Waals surface area contributed by atoms with Crippen molar-refractivity contribution in [1.29, 1.82) is 0 Å². The molecule has 0 aliphatic carbocycles. The lowest BCUT2D eigenvalue weighted by Crippen LogP contribution is -2.04. The fourth-order valence-electron chi connectivity index (χ4n) is 1.65. The van der Waals surface area contributed by atoms with Crippen molar-refractivity contribution in [3.8, 4) is 11.1 Å². The molecule has 2 nitrogen and oxygen atoms in total. The summed E-state index contributed by atoms with van der Waals surface area (Å²) in [4.78, 5) is 0. The summed E-state index contributed by atoms with van der Waals surface area (Å²) in [5, 5.41) is 0. The summed E-state index contributed by atoms with van der Waals surface area (Å²) >= 11 is 0. The molecule has 0 fully saturated rings. The Morgan fingerprint density at radius 1 is 0.812 bits per heavy atom. The molecule has 82 valence electrons. The van der Waals surface area contributed by atoms with Crippen LogP contribution in [-0.4, -0.2) is 0 Å². The van der Waals surface area contributed by atoms with E-state index in [1.165, 1.54) is 11.1 Å². The lowest BCUT2D eigenvalue weighted by Gasteiger charge is -2.07. The Morgan fingerprint density at radius 3 is 1.69 bits per heavy atom. The van der Waals surface area contributed by atoms with E-state index in [-0.39, 0.29) is 6.04 Å². The molecule has 0 bridgehead atoms. The van der Waals surface area contributed by atoms with Gasteiger partial charge in [-0.05, 0) is 35.7 Å². The van der Waals surface area contributed by atoms with E-state index in [0.29, 0.717) is 0 Å². The first-order valence-corrected chi connectivity index (χ1v) is 5.38. The lowest BCUT2D eigenvalue weighted by atomic mass is 10.0. The molecule has 0 amide bonds. The Balaban J connectivity index is 2.31. The Hall–Kier alpha value is -1.80. The molecule has 0 spiro atoms. The zero-order chi connectivity index (χ0) is 11.5. The Morgan fingerprint density at radius 2 is 1.25 bits per heavy atom. The summed E-state index contributed by atoms with van der Waals surface area (Å²) in [7, 11) is 0. The first-order chi connectivity index (χ1) is 7.66. The van der Waals surface area contributed by atoms with Crippen LogP contribution in [0, 0.1) is 0 Å². The predicted molar refractivity (Wildman–Crippen MR) is 68.9 cm³/mol. The molecule has 2 rings (SSSR count). The van der Waals surface area contributed by atoms with E-state index < -0.39 is 0 Å². The molecular weight excluding hydrogens is 196 g/mol. The van der Waals surface area contributed by atoms with Gasteiger partial charge < -0.3 is 11.5 Å². The van der Waals surface area contributed by atoms with E-state index >= 15 is 0 Å².